The van der Waals surface area contributed by atoms with E-state index in [0.717, 1.165) is 38.0 Å². The smallest absolute Gasteiger partial charge is 0.191 e. The van der Waals surface area contributed by atoms with Gasteiger partial charge in [-0.1, -0.05) is 6.42 Å². The molecule has 0 bridgehead atoms. The number of aliphatic imine (C=N–C) groups is 1. The summed E-state index contributed by atoms with van der Waals surface area (Å²) in [5.41, 5.74) is 0.409. The third kappa shape index (κ3) is 3.66. The first kappa shape index (κ1) is 17.3. The first-order valence-corrected chi connectivity index (χ1v) is 8.45. The van der Waals surface area contributed by atoms with Crippen LogP contribution in [0.1, 0.15) is 52.4 Å². The van der Waals surface area contributed by atoms with E-state index in [9.17, 15) is 0 Å². The van der Waals surface area contributed by atoms with E-state index >= 15 is 0 Å². The van der Waals surface area contributed by atoms with Crippen LogP contribution in [0.2, 0.25) is 0 Å². The molecule has 2 N–H and O–H groups in total. The fourth-order valence-electron chi connectivity index (χ4n) is 3.65. The second-order valence-electron chi connectivity index (χ2n) is 6.63. The molecule has 2 atom stereocenters. The number of guanidine groups is 1. The van der Waals surface area contributed by atoms with E-state index in [2.05, 4.69) is 24.5 Å². The van der Waals surface area contributed by atoms with Crippen molar-refractivity contribution in [1.29, 1.82) is 0 Å². The molecule has 3 rings (SSSR count). The molecule has 0 aliphatic heterocycles. The van der Waals surface area contributed by atoms with Gasteiger partial charge in [0, 0.05) is 31.2 Å². The number of hydrogen-bond acceptors (Lipinski definition) is 2. The van der Waals surface area contributed by atoms with Crippen LogP contribution in [0.15, 0.2) is 4.99 Å². The molecule has 0 heterocycles. The fourth-order valence-corrected chi connectivity index (χ4v) is 3.65. The summed E-state index contributed by atoms with van der Waals surface area (Å²) in [7, 11) is 0. The number of hydrogen-bond donors (Lipinski definition) is 2. The second-order valence-corrected chi connectivity index (χ2v) is 6.63. The zero-order valence-electron chi connectivity index (χ0n) is 13.4. The molecule has 21 heavy (non-hydrogen) atoms. The second kappa shape index (κ2) is 7.49. The van der Waals surface area contributed by atoms with Crippen molar-refractivity contribution in [2.75, 3.05) is 19.7 Å². The van der Waals surface area contributed by atoms with Crippen LogP contribution in [0.4, 0.5) is 0 Å². The van der Waals surface area contributed by atoms with Gasteiger partial charge in [-0.15, -0.1) is 24.0 Å². The minimum absolute atomic E-state index is 0. The third-order valence-corrected chi connectivity index (χ3v) is 5.30. The summed E-state index contributed by atoms with van der Waals surface area (Å²) in [4.78, 5) is 4.75. The predicted molar refractivity (Wildman–Crippen MR) is 97.4 cm³/mol. The van der Waals surface area contributed by atoms with Gasteiger partial charge in [0.2, 0.25) is 0 Å². The average Bonchev–Trinajstić information content (AvgIpc) is 3.16. The molecule has 4 nitrogen and oxygen atoms in total. The van der Waals surface area contributed by atoms with Gasteiger partial charge in [0.05, 0.1) is 6.10 Å². The standard InChI is InChI=1S/C16H29N3O.HI/c1-3-17-15(18-11-12-6-7-12)19-13-10-14(20-4-2)16(13)8-5-9-16;/h12-14H,3-11H2,1-2H3,(H2,17,18,19);1H. The van der Waals surface area contributed by atoms with Crippen LogP contribution in [0, 0.1) is 11.3 Å². The Balaban J connectivity index is 0.00000161. The normalized spacial score (nSPS) is 30.1. The van der Waals surface area contributed by atoms with Crippen molar-refractivity contribution < 1.29 is 4.74 Å². The average molecular weight is 407 g/mol. The van der Waals surface area contributed by atoms with Crippen LogP contribution in [-0.2, 0) is 4.74 Å². The summed E-state index contributed by atoms with van der Waals surface area (Å²) >= 11 is 0. The predicted octanol–water partition coefficient (Wildman–Crippen LogP) is 2.92. The summed E-state index contributed by atoms with van der Waals surface area (Å²) < 4.78 is 5.92. The number of nitrogens with zero attached hydrogens (tertiary/aromatic N) is 1. The Labute approximate surface area is 145 Å². The van der Waals surface area contributed by atoms with Crippen LogP contribution in [0.25, 0.3) is 0 Å². The van der Waals surface area contributed by atoms with E-state index < -0.39 is 0 Å². The van der Waals surface area contributed by atoms with Gasteiger partial charge >= 0.3 is 0 Å². The fraction of sp³-hybridized carbons (Fsp3) is 0.938. The highest BCUT2D eigenvalue weighted by atomic mass is 127. The molecule has 0 aromatic rings. The number of halogens is 1. The van der Waals surface area contributed by atoms with E-state index in [1.807, 2.05) is 0 Å². The van der Waals surface area contributed by atoms with Crippen LogP contribution in [0.5, 0.6) is 0 Å². The Morgan fingerprint density at radius 2 is 2.05 bits per heavy atom. The van der Waals surface area contributed by atoms with Crippen LogP contribution >= 0.6 is 24.0 Å². The van der Waals surface area contributed by atoms with Crippen molar-refractivity contribution in [2.24, 2.45) is 16.3 Å². The molecule has 1 spiro atoms. The first-order chi connectivity index (χ1) is 9.78. The Kier molecular flexibility index (Phi) is 6.17. The molecule has 0 radical (unpaired) electrons. The van der Waals surface area contributed by atoms with Crippen molar-refractivity contribution in [1.82, 2.24) is 10.6 Å². The van der Waals surface area contributed by atoms with E-state index in [1.165, 1.54) is 32.1 Å². The van der Waals surface area contributed by atoms with Crippen LogP contribution < -0.4 is 10.6 Å². The molecule has 3 aliphatic rings. The minimum Gasteiger partial charge on any atom is -0.378 e. The maximum absolute atomic E-state index is 5.92. The van der Waals surface area contributed by atoms with Gasteiger partial charge in [-0.05, 0) is 51.9 Å². The van der Waals surface area contributed by atoms with Gasteiger partial charge in [0.1, 0.15) is 0 Å². The molecule has 0 amide bonds. The van der Waals surface area contributed by atoms with Gasteiger partial charge in [-0.3, -0.25) is 4.99 Å². The lowest BCUT2D eigenvalue weighted by atomic mass is 9.51. The lowest BCUT2D eigenvalue weighted by molar-refractivity contribution is -0.168. The molecule has 3 saturated carbocycles. The Hall–Kier alpha value is -0.0400. The number of nitrogens with one attached hydrogen (secondary N) is 2. The van der Waals surface area contributed by atoms with Crippen molar-refractivity contribution in [2.45, 2.75) is 64.5 Å². The molecule has 2 unspecified atom stereocenters. The molecule has 5 heteroatoms. The van der Waals surface area contributed by atoms with Gasteiger partial charge in [-0.25, -0.2) is 0 Å². The summed E-state index contributed by atoms with van der Waals surface area (Å²) in [6.07, 6.45) is 8.34. The summed E-state index contributed by atoms with van der Waals surface area (Å²) in [5, 5.41) is 7.07. The summed E-state index contributed by atoms with van der Waals surface area (Å²) in [6, 6.07) is 0.560. The third-order valence-electron chi connectivity index (χ3n) is 5.30. The van der Waals surface area contributed by atoms with Crippen LogP contribution in [0.3, 0.4) is 0 Å². The van der Waals surface area contributed by atoms with Crippen LogP contribution in [-0.4, -0.2) is 37.8 Å². The van der Waals surface area contributed by atoms with Crippen molar-refractivity contribution in [3.8, 4) is 0 Å². The zero-order chi connectivity index (χ0) is 14.0. The largest absolute Gasteiger partial charge is 0.378 e. The highest BCUT2D eigenvalue weighted by molar-refractivity contribution is 14.0. The van der Waals surface area contributed by atoms with Crippen molar-refractivity contribution >= 4 is 29.9 Å². The van der Waals surface area contributed by atoms with E-state index in [0.29, 0.717) is 17.6 Å². The Bertz CT molecular complexity index is 367. The minimum atomic E-state index is 0. The highest BCUT2D eigenvalue weighted by Gasteiger charge is 2.59. The maximum atomic E-state index is 5.92. The number of rotatable bonds is 6. The Morgan fingerprint density at radius 1 is 1.29 bits per heavy atom. The topological polar surface area (TPSA) is 45.7 Å². The SMILES string of the molecule is CCNC(=NCC1CC1)NC1CC(OCC)C12CCC2.I. The molecule has 0 aromatic heterocycles. The van der Waals surface area contributed by atoms with Gasteiger partial charge in [0.25, 0.3) is 0 Å². The molecule has 0 aromatic carbocycles. The molecule has 3 aliphatic carbocycles. The zero-order valence-corrected chi connectivity index (χ0v) is 15.7. The van der Waals surface area contributed by atoms with E-state index in [-0.39, 0.29) is 24.0 Å². The molecule has 122 valence electrons. The van der Waals surface area contributed by atoms with Gasteiger partial charge in [-0.2, -0.15) is 0 Å². The molecule has 3 fully saturated rings. The van der Waals surface area contributed by atoms with E-state index in [1.54, 1.807) is 0 Å². The maximum Gasteiger partial charge on any atom is 0.191 e. The lowest BCUT2D eigenvalue weighted by Gasteiger charge is -2.61. The van der Waals surface area contributed by atoms with E-state index in [4.69, 9.17) is 9.73 Å². The van der Waals surface area contributed by atoms with Crippen molar-refractivity contribution in [3.05, 3.63) is 0 Å². The monoisotopic (exact) mass is 407 g/mol. The van der Waals surface area contributed by atoms with Gasteiger partial charge in [0.15, 0.2) is 5.96 Å². The van der Waals surface area contributed by atoms with Crippen molar-refractivity contribution in [3.63, 3.8) is 0 Å². The first-order valence-electron chi connectivity index (χ1n) is 8.45. The summed E-state index contributed by atoms with van der Waals surface area (Å²) in [6.45, 7) is 7.01. The molecular weight excluding hydrogens is 377 g/mol. The van der Waals surface area contributed by atoms with Gasteiger partial charge < -0.3 is 15.4 Å². The lowest BCUT2D eigenvalue weighted by Crippen LogP contribution is -2.68. The molecule has 0 saturated heterocycles. The summed E-state index contributed by atoms with van der Waals surface area (Å²) in [5.74, 6) is 1.87. The number of ether oxygens (including phenoxy) is 1. The quantitative estimate of drug-likeness (QED) is 0.404. The molecular formula is C16H30IN3O. The highest BCUT2D eigenvalue weighted by Crippen LogP contribution is 2.57. The Morgan fingerprint density at radius 3 is 2.57 bits per heavy atom.